The molecule has 3 heterocycles. The first-order valence-electron chi connectivity index (χ1n) is 9.58. The van der Waals surface area contributed by atoms with Crippen molar-refractivity contribution in [2.45, 2.75) is 31.4 Å². The third-order valence-corrected chi connectivity index (χ3v) is 5.94. The van der Waals surface area contributed by atoms with E-state index in [1.165, 1.54) is 31.5 Å². The van der Waals surface area contributed by atoms with Crippen LogP contribution in [0.3, 0.4) is 0 Å². The molecular formula is C21H18ClF3N6. The van der Waals surface area contributed by atoms with E-state index in [-0.39, 0.29) is 27.7 Å². The molecule has 3 aromatic rings. The normalized spacial score (nSPS) is 16.3. The number of rotatable bonds is 2. The van der Waals surface area contributed by atoms with Gasteiger partial charge in [0.25, 0.3) is 0 Å². The first-order valence-corrected chi connectivity index (χ1v) is 9.95. The van der Waals surface area contributed by atoms with Crippen LogP contribution in [0.1, 0.15) is 29.7 Å². The fraction of sp³-hybridized carbons (Fsp3) is 0.333. The first-order chi connectivity index (χ1) is 14.7. The molecule has 1 saturated heterocycles. The van der Waals surface area contributed by atoms with Crippen LogP contribution in [0, 0.1) is 18.3 Å². The second-order valence-electron chi connectivity index (χ2n) is 7.60. The molecule has 0 amide bonds. The number of piperidine rings is 1. The summed E-state index contributed by atoms with van der Waals surface area (Å²) in [4.78, 5) is 12.5. The van der Waals surface area contributed by atoms with Gasteiger partial charge < -0.3 is 11.1 Å². The number of hydrogen-bond acceptors (Lipinski definition) is 6. The van der Waals surface area contributed by atoms with E-state index in [4.69, 9.17) is 17.3 Å². The fourth-order valence-electron chi connectivity index (χ4n) is 4.15. The highest BCUT2D eigenvalue weighted by Crippen LogP contribution is 2.43. The zero-order valence-electron chi connectivity index (χ0n) is 16.5. The Morgan fingerprint density at radius 3 is 2.55 bits per heavy atom. The number of nitrogen functional groups attached to an aromatic ring is 1. The van der Waals surface area contributed by atoms with E-state index in [2.05, 4.69) is 26.3 Å². The predicted octanol–water partition coefficient (Wildman–Crippen LogP) is 4.40. The van der Waals surface area contributed by atoms with Gasteiger partial charge in [-0.25, -0.2) is 15.0 Å². The summed E-state index contributed by atoms with van der Waals surface area (Å²) in [5, 5.41) is 13.7. The monoisotopic (exact) mass is 446 g/mol. The molecule has 6 nitrogen and oxygen atoms in total. The Bertz CT molecular complexity index is 1210. The number of anilines is 1. The highest BCUT2D eigenvalue weighted by Gasteiger charge is 2.39. The van der Waals surface area contributed by atoms with Crippen LogP contribution in [0.5, 0.6) is 0 Å². The third kappa shape index (κ3) is 3.66. The number of hydrogen-bond donors (Lipinski definition) is 2. The van der Waals surface area contributed by atoms with Gasteiger partial charge in [0.1, 0.15) is 17.6 Å². The molecule has 0 spiro atoms. The number of nitrogens with one attached hydrogen (secondary N) is 1. The van der Waals surface area contributed by atoms with Crippen LogP contribution in [0.15, 0.2) is 24.5 Å². The lowest BCUT2D eigenvalue weighted by atomic mass is 9.76. The Kier molecular flexibility index (Phi) is 5.23. The first kappa shape index (κ1) is 21.3. The van der Waals surface area contributed by atoms with Crippen molar-refractivity contribution < 1.29 is 13.2 Å². The van der Waals surface area contributed by atoms with Crippen LogP contribution in [0.4, 0.5) is 19.0 Å². The van der Waals surface area contributed by atoms with Gasteiger partial charge in [0.15, 0.2) is 0 Å². The predicted molar refractivity (Wildman–Crippen MR) is 111 cm³/mol. The highest BCUT2D eigenvalue weighted by molar-refractivity contribution is 6.34. The Morgan fingerprint density at radius 1 is 1.19 bits per heavy atom. The minimum atomic E-state index is -4.64. The summed E-state index contributed by atoms with van der Waals surface area (Å²) in [6, 6.07) is 6.53. The molecule has 1 aliphatic heterocycles. The highest BCUT2D eigenvalue weighted by atomic mass is 35.5. The molecule has 1 aromatic carbocycles. The summed E-state index contributed by atoms with van der Waals surface area (Å²) in [6.07, 6.45) is -2.21. The zero-order valence-corrected chi connectivity index (χ0v) is 17.3. The number of alkyl halides is 3. The van der Waals surface area contributed by atoms with Crippen molar-refractivity contribution in [1.82, 2.24) is 20.3 Å². The minimum Gasteiger partial charge on any atom is -0.384 e. The maximum absolute atomic E-state index is 13.8. The van der Waals surface area contributed by atoms with Gasteiger partial charge in [-0.2, -0.15) is 18.4 Å². The number of aromatic nitrogens is 3. The molecule has 0 saturated carbocycles. The van der Waals surface area contributed by atoms with Gasteiger partial charge in [0.2, 0.25) is 0 Å². The van der Waals surface area contributed by atoms with E-state index in [9.17, 15) is 18.4 Å². The van der Waals surface area contributed by atoms with Gasteiger partial charge in [-0.1, -0.05) is 11.6 Å². The standard InChI is InChI=1S/C21H18ClF3N6/c1-11-6-16(27)31-18(17(11)21(23,24)25)12-8-15-13(7-14(12)22)19(30-10-29-15)20(9-26)2-4-28-5-3-20/h6-8,10,28H,2-5H2,1H3,(H2,27,31). The number of nitrogens with zero attached hydrogens (tertiary/aromatic N) is 4. The molecule has 0 aliphatic carbocycles. The quantitative estimate of drug-likeness (QED) is 0.605. The molecule has 31 heavy (non-hydrogen) atoms. The Balaban J connectivity index is 1.97. The molecule has 2 aromatic heterocycles. The number of fused-ring (bicyclic) bond motifs is 1. The molecule has 4 rings (SSSR count). The van der Waals surface area contributed by atoms with Crippen molar-refractivity contribution in [3.63, 3.8) is 0 Å². The number of aryl methyl sites for hydroxylation is 1. The van der Waals surface area contributed by atoms with Crippen LogP contribution >= 0.6 is 11.6 Å². The van der Waals surface area contributed by atoms with Crippen LogP contribution in [-0.4, -0.2) is 28.0 Å². The van der Waals surface area contributed by atoms with E-state index in [1.54, 1.807) is 0 Å². The maximum atomic E-state index is 13.8. The molecule has 10 heteroatoms. The van der Waals surface area contributed by atoms with Crippen molar-refractivity contribution in [1.29, 1.82) is 5.26 Å². The Hall–Kier alpha value is -2.96. The summed E-state index contributed by atoms with van der Waals surface area (Å²) >= 11 is 6.47. The number of nitriles is 1. The lowest BCUT2D eigenvalue weighted by Gasteiger charge is -2.31. The second-order valence-corrected chi connectivity index (χ2v) is 8.01. The smallest absolute Gasteiger partial charge is 0.384 e. The van der Waals surface area contributed by atoms with E-state index < -0.39 is 17.2 Å². The van der Waals surface area contributed by atoms with Crippen LogP contribution in [0.2, 0.25) is 5.02 Å². The van der Waals surface area contributed by atoms with Gasteiger partial charge in [0, 0.05) is 10.9 Å². The average molecular weight is 447 g/mol. The lowest BCUT2D eigenvalue weighted by molar-refractivity contribution is -0.137. The lowest BCUT2D eigenvalue weighted by Crippen LogP contribution is -2.39. The maximum Gasteiger partial charge on any atom is 0.418 e. The molecule has 0 unspecified atom stereocenters. The van der Waals surface area contributed by atoms with E-state index in [0.717, 1.165) is 0 Å². The molecular weight excluding hydrogens is 429 g/mol. The summed E-state index contributed by atoms with van der Waals surface area (Å²) < 4.78 is 41.4. The second kappa shape index (κ2) is 7.62. The molecule has 0 bridgehead atoms. The molecule has 1 fully saturated rings. The van der Waals surface area contributed by atoms with Crippen molar-refractivity contribution in [3.8, 4) is 17.3 Å². The van der Waals surface area contributed by atoms with E-state index in [1.807, 2.05) is 0 Å². The van der Waals surface area contributed by atoms with Crippen molar-refractivity contribution >= 4 is 28.3 Å². The Morgan fingerprint density at radius 2 is 1.90 bits per heavy atom. The van der Waals surface area contributed by atoms with Crippen LogP contribution in [-0.2, 0) is 11.6 Å². The zero-order chi connectivity index (χ0) is 22.4. The summed E-state index contributed by atoms with van der Waals surface area (Å²) in [7, 11) is 0. The van der Waals surface area contributed by atoms with Crippen molar-refractivity contribution in [3.05, 3.63) is 46.4 Å². The van der Waals surface area contributed by atoms with Gasteiger partial charge >= 0.3 is 6.18 Å². The summed E-state index contributed by atoms with van der Waals surface area (Å²) in [6.45, 7) is 2.64. The van der Waals surface area contributed by atoms with Gasteiger partial charge in [-0.3, -0.25) is 0 Å². The number of pyridine rings is 1. The minimum absolute atomic E-state index is 0.0434. The van der Waals surface area contributed by atoms with E-state index >= 15 is 0 Å². The van der Waals surface area contributed by atoms with Crippen molar-refractivity contribution in [2.24, 2.45) is 0 Å². The van der Waals surface area contributed by atoms with Gasteiger partial charge in [0.05, 0.1) is 33.6 Å². The van der Waals surface area contributed by atoms with Crippen molar-refractivity contribution in [2.75, 3.05) is 18.8 Å². The molecule has 3 N–H and O–H groups in total. The summed E-state index contributed by atoms with van der Waals surface area (Å²) in [5.41, 5.74) is 4.60. The molecule has 1 aliphatic rings. The fourth-order valence-corrected chi connectivity index (χ4v) is 4.40. The van der Waals surface area contributed by atoms with Crippen LogP contribution < -0.4 is 11.1 Å². The Labute approximate surface area is 181 Å². The van der Waals surface area contributed by atoms with Gasteiger partial charge in [-0.15, -0.1) is 0 Å². The SMILES string of the molecule is Cc1cc(N)nc(-c2cc3ncnc(C4(C#N)CCNCC4)c3cc2Cl)c1C(F)(F)F. The number of benzene rings is 1. The molecule has 0 radical (unpaired) electrons. The van der Waals surface area contributed by atoms with E-state index in [0.29, 0.717) is 42.5 Å². The average Bonchev–Trinajstić information content (AvgIpc) is 2.71. The van der Waals surface area contributed by atoms with Crippen LogP contribution in [0.25, 0.3) is 22.2 Å². The molecule has 160 valence electrons. The summed E-state index contributed by atoms with van der Waals surface area (Å²) in [5.74, 6) is -0.0434. The van der Waals surface area contributed by atoms with Gasteiger partial charge in [-0.05, 0) is 56.6 Å². The third-order valence-electron chi connectivity index (χ3n) is 5.62. The molecule has 0 atom stereocenters. The number of halogens is 4. The number of nitrogens with two attached hydrogens (primary N) is 1. The largest absolute Gasteiger partial charge is 0.418 e. The topological polar surface area (TPSA) is 101 Å².